The van der Waals surface area contributed by atoms with E-state index in [1.165, 1.54) is 9.91 Å². The van der Waals surface area contributed by atoms with Crippen LogP contribution in [0.2, 0.25) is 0 Å². The number of pyridine rings is 1. The van der Waals surface area contributed by atoms with Gasteiger partial charge in [0, 0.05) is 25.2 Å². The second kappa shape index (κ2) is 16.0. The molecule has 0 bridgehead atoms. The summed E-state index contributed by atoms with van der Waals surface area (Å²) in [6, 6.07) is 4.89. The molecule has 0 spiro atoms. The maximum atomic E-state index is 13.7. The van der Waals surface area contributed by atoms with Gasteiger partial charge in [0.15, 0.2) is 0 Å². The number of ether oxygens (including phenoxy) is 1. The average Bonchev–Trinajstić information content (AvgIpc) is 3.00. The minimum atomic E-state index is -1.76. The monoisotopic (exact) mass is 711 g/mol. The first-order chi connectivity index (χ1) is 21.8. The summed E-state index contributed by atoms with van der Waals surface area (Å²) in [5, 5.41) is 15.8. The fraction of sp³-hybridized carbons (Fsp3) is 0.545. The Hall–Kier alpha value is -2.96. The highest BCUT2D eigenvalue weighted by Gasteiger charge is 2.38. The number of alkyl halides is 3. The van der Waals surface area contributed by atoms with Crippen LogP contribution in [-0.2, 0) is 23.9 Å². The molecule has 0 unspecified atom stereocenters. The molecule has 3 amide bonds. The van der Waals surface area contributed by atoms with Gasteiger partial charge in [-0.2, -0.15) is 0 Å². The minimum Gasteiger partial charge on any atom is -0.460 e. The first-order valence-electron chi connectivity index (χ1n) is 15.5. The third-order valence-electron chi connectivity index (χ3n) is 7.95. The van der Waals surface area contributed by atoms with E-state index >= 15 is 0 Å². The number of aliphatic hydroxyl groups excluding tert-OH is 1. The Balaban J connectivity index is 1.67. The summed E-state index contributed by atoms with van der Waals surface area (Å²) in [6.07, 6.45) is 5.57. The Morgan fingerprint density at radius 2 is 1.83 bits per heavy atom. The molecule has 1 fully saturated rings. The lowest BCUT2D eigenvalue weighted by molar-refractivity contribution is -0.153. The molecule has 47 heavy (non-hydrogen) atoms. The van der Waals surface area contributed by atoms with E-state index in [0.717, 1.165) is 16.3 Å². The summed E-state index contributed by atoms with van der Waals surface area (Å²) in [5.74, 6) is -2.18. The molecule has 2 heterocycles. The lowest BCUT2D eigenvalue weighted by Gasteiger charge is -2.37. The highest BCUT2D eigenvalue weighted by Crippen LogP contribution is 2.27. The predicted molar refractivity (Wildman–Crippen MR) is 183 cm³/mol. The van der Waals surface area contributed by atoms with Crippen molar-refractivity contribution in [2.45, 2.75) is 82.4 Å². The van der Waals surface area contributed by atoms with Crippen LogP contribution in [-0.4, -0.2) is 85.8 Å². The zero-order chi connectivity index (χ0) is 35.3. The molecule has 1 aliphatic heterocycles. The van der Waals surface area contributed by atoms with Crippen LogP contribution in [0.25, 0.3) is 16.8 Å². The largest absolute Gasteiger partial charge is 0.460 e. The number of aliphatic hydroxyl groups is 1. The highest BCUT2D eigenvalue weighted by atomic mass is 35.6. The van der Waals surface area contributed by atoms with Crippen LogP contribution in [0.15, 0.2) is 36.5 Å². The molecule has 11 nitrogen and oxygen atoms in total. The van der Waals surface area contributed by atoms with Gasteiger partial charge in [0.2, 0.25) is 15.6 Å². The van der Waals surface area contributed by atoms with Crippen molar-refractivity contribution >= 4 is 75.3 Å². The summed E-state index contributed by atoms with van der Waals surface area (Å²) < 4.78 is 3.29. The van der Waals surface area contributed by atoms with Crippen LogP contribution < -0.4 is 10.7 Å². The van der Waals surface area contributed by atoms with Crippen molar-refractivity contribution in [1.82, 2.24) is 25.6 Å². The van der Waals surface area contributed by atoms with Gasteiger partial charge in [0.1, 0.15) is 24.7 Å². The number of hydrazine groups is 1. The van der Waals surface area contributed by atoms with E-state index in [1.807, 2.05) is 38.1 Å². The molecule has 1 aromatic carbocycles. The maximum Gasteiger partial charge on any atom is 0.325 e. The molecule has 3 N–H and O–H groups in total. The van der Waals surface area contributed by atoms with E-state index in [1.54, 1.807) is 53.1 Å². The quantitative estimate of drug-likeness (QED) is 0.225. The third kappa shape index (κ3) is 10.5. The van der Waals surface area contributed by atoms with E-state index < -0.39 is 57.8 Å². The van der Waals surface area contributed by atoms with Crippen molar-refractivity contribution in [2.75, 3.05) is 20.2 Å². The highest BCUT2D eigenvalue weighted by molar-refractivity contribution is 6.67. The maximum absolute atomic E-state index is 13.7. The predicted octanol–water partition coefficient (Wildman–Crippen LogP) is 4.72. The van der Waals surface area contributed by atoms with Gasteiger partial charge in [-0.3, -0.25) is 29.2 Å². The SMILES string of the molecule is CC(C)[C@@H](C(=O)N[C@@H](C)C(=O)N1CCC[C@@H](C(=O)OCC(Cl)(Cl)Cl)N1)N(C)C(=O)C(C)(C)C=Cc1cc2cc([C@@H](C)O)ccc2cn1. The molecule has 1 aromatic heterocycles. The second-order valence-electron chi connectivity index (χ2n) is 12.8. The molecule has 2 aromatic rings. The number of fused-ring (bicyclic) bond motifs is 1. The van der Waals surface area contributed by atoms with E-state index in [0.29, 0.717) is 25.1 Å². The Kier molecular flexibility index (Phi) is 13.1. The van der Waals surface area contributed by atoms with E-state index in [9.17, 15) is 24.3 Å². The van der Waals surface area contributed by atoms with Crippen molar-refractivity contribution in [3.8, 4) is 0 Å². The summed E-state index contributed by atoms with van der Waals surface area (Å²) in [6.45, 7) is 10.3. The van der Waals surface area contributed by atoms with Crippen molar-refractivity contribution < 1.29 is 29.0 Å². The lowest BCUT2D eigenvalue weighted by atomic mass is 9.89. The summed E-state index contributed by atoms with van der Waals surface area (Å²) in [4.78, 5) is 58.8. The smallest absolute Gasteiger partial charge is 0.325 e. The van der Waals surface area contributed by atoms with Crippen LogP contribution in [0.5, 0.6) is 0 Å². The third-order valence-corrected chi connectivity index (χ3v) is 8.28. The van der Waals surface area contributed by atoms with Crippen LogP contribution in [0.1, 0.15) is 71.7 Å². The van der Waals surface area contributed by atoms with Gasteiger partial charge < -0.3 is 20.1 Å². The molecular weight excluding hydrogens is 669 g/mol. The van der Waals surface area contributed by atoms with Gasteiger partial charge in [-0.25, -0.2) is 5.43 Å². The normalized spacial score (nSPS) is 17.8. The van der Waals surface area contributed by atoms with Crippen LogP contribution in [0.3, 0.4) is 0 Å². The molecule has 3 rings (SSSR count). The zero-order valence-electron chi connectivity index (χ0n) is 27.7. The van der Waals surface area contributed by atoms with Crippen molar-refractivity contribution in [1.29, 1.82) is 0 Å². The fourth-order valence-electron chi connectivity index (χ4n) is 5.36. The van der Waals surface area contributed by atoms with Crippen molar-refractivity contribution in [2.24, 2.45) is 11.3 Å². The van der Waals surface area contributed by atoms with Crippen LogP contribution in [0.4, 0.5) is 0 Å². The number of hydrogen-bond donors (Lipinski definition) is 3. The van der Waals surface area contributed by atoms with E-state index in [-0.39, 0.29) is 11.8 Å². The molecule has 1 saturated heterocycles. The summed E-state index contributed by atoms with van der Waals surface area (Å²) >= 11 is 17.0. The molecule has 14 heteroatoms. The molecule has 0 saturated carbocycles. The number of rotatable bonds is 11. The lowest BCUT2D eigenvalue weighted by Crippen LogP contribution is -2.61. The molecule has 1 aliphatic rings. The number of carbonyl (C=O) groups is 4. The van der Waals surface area contributed by atoms with E-state index in [2.05, 4.69) is 15.7 Å². The first kappa shape index (κ1) is 38.5. The molecule has 0 radical (unpaired) electrons. The minimum absolute atomic E-state index is 0.276. The number of likely N-dealkylation sites (N-methyl/N-ethyl adjacent to an activating group) is 1. The average molecular weight is 713 g/mol. The summed E-state index contributed by atoms with van der Waals surface area (Å²) in [5.41, 5.74) is 3.27. The Labute approximate surface area is 290 Å². The first-order valence-corrected chi connectivity index (χ1v) is 16.6. The Morgan fingerprint density at radius 3 is 2.45 bits per heavy atom. The number of carbonyl (C=O) groups excluding carboxylic acids is 4. The summed E-state index contributed by atoms with van der Waals surface area (Å²) in [7, 11) is 1.57. The number of nitrogens with one attached hydrogen (secondary N) is 2. The number of nitrogens with zero attached hydrogens (tertiary/aromatic N) is 3. The van der Waals surface area contributed by atoms with Crippen LogP contribution in [0, 0.1) is 11.3 Å². The topological polar surface area (TPSA) is 141 Å². The van der Waals surface area contributed by atoms with Gasteiger partial charge in [0.25, 0.3) is 5.91 Å². The molecule has 4 atom stereocenters. The number of aromatic nitrogens is 1. The number of halogens is 3. The van der Waals surface area contributed by atoms with Crippen molar-refractivity contribution in [3.05, 3.63) is 47.8 Å². The number of benzene rings is 1. The molecule has 0 aliphatic carbocycles. The molecule has 258 valence electrons. The van der Waals surface area contributed by atoms with Gasteiger partial charge >= 0.3 is 5.97 Å². The van der Waals surface area contributed by atoms with Crippen molar-refractivity contribution in [3.63, 3.8) is 0 Å². The second-order valence-corrected chi connectivity index (χ2v) is 15.3. The number of esters is 1. The zero-order valence-corrected chi connectivity index (χ0v) is 30.0. The van der Waals surface area contributed by atoms with Gasteiger partial charge in [-0.1, -0.05) is 66.9 Å². The Bertz CT molecular complexity index is 1490. The Morgan fingerprint density at radius 1 is 1.15 bits per heavy atom. The standard InChI is InChI=1S/C33H44Cl3N5O6/c1-19(2)27(28(43)38-20(3)29(44)41-14-8-9-26(39-41)30(45)47-18-33(34,35)36)40(7)31(46)32(5,6)13-12-25-16-24-15-22(21(4)42)10-11-23(24)17-37-25/h10-13,15-17,19-21,26-27,39,42H,8-9,14,18H2,1-7H3,(H,38,43)/t20-,21+,26-,27-/m0/s1. The van der Waals surface area contributed by atoms with Crippen LogP contribution >= 0.6 is 34.8 Å². The van der Waals surface area contributed by atoms with Gasteiger partial charge in [-0.15, -0.1) is 0 Å². The van der Waals surface area contributed by atoms with Gasteiger partial charge in [0.05, 0.1) is 17.2 Å². The number of amides is 3. The number of hydrogen-bond acceptors (Lipinski definition) is 8. The fourth-order valence-corrected chi connectivity index (χ4v) is 5.53. The molecular formula is C33H44Cl3N5O6. The van der Waals surface area contributed by atoms with Gasteiger partial charge in [-0.05, 0) is 75.6 Å². The van der Waals surface area contributed by atoms with E-state index in [4.69, 9.17) is 39.5 Å².